The van der Waals surface area contributed by atoms with Crippen LogP contribution in [-0.2, 0) is 4.79 Å². The van der Waals surface area contributed by atoms with Crippen molar-refractivity contribution < 1.29 is 27.4 Å². The molecule has 9 heteroatoms. The van der Waals surface area contributed by atoms with Gasteiger partial charge in [0.25, 0.3) is 5.91 Å². The molecule has 2 unspecified atom stereocenters. The molecule has 2 aliphatic rings. The molecule has 3 rings (SSSR count). The number of hydrogen-bond donors (Lipinski definition) is 1. The first kappa shape index (κ1) is 20.6. The molecule has 1 N–H and O–H groups in total. The van der Waals surface area contributed by atoms with Crippen molar-refractivity contribution in [3.63, 3.8) is 0 Å². The third-order valence-electron chi connectivity index (χ3n) is 4.47. The van der Waals surface area contributed by atoms with Crippen molar-refractivity contribution in [3.8, 4) is 11.5 Å². The molecule has 0 aliphatic carbocycles. The van der Waals surface area contributed by atoms with Gasteiger partial charge in [-0.3, -0.25) is 4.79 Å². The summed E-state index contributed by atoms with van der Waals surface area (Å²) in [6.45, 7) is -0.306. The Morgan fingerprint density at radius 1 is 1.12 bits per heavy atom. The van der Waals surface area contributed by atoms with E-state index in [0.29, 0.717) is 25.2 Å². The lowest BCUT2D eigenvalue weighted by Crippen LogP contribution is -2.41. The topological polar surface area (TPSA) is 50.8 Å². The maximum atomic E-state index is 12.4. The van der Waals surface area contributed by atoms with Gasteiger partial charge in [0.2, 0.25) is 0 Å². The van der Waals surface area contributed by atoms with Crippen molar-refractivity contribution in [2.45, 2.75) is 37.5 Å². The first-order chi connectivity index (χ1) is 11.9. The van der Waals surface area contributed by atoms with Gasteiger partial charge in [-0.05, 0) is 31.4 Å². The van der Waals surface area contributed by atoms with Gasteiger partial charge in [0, 0.05) is 25.2 Å². The van der Waals surface area contributed by atoms with Crippen LogP contribution in [0, 0.1) is 0 Å². The summed E-state index contributed by atoms with van der Waals surface area (Å²) < 4.78 is 47.1. The highest BCUT2D eigenvalue weighted by Gasteiger charge is 2.31. The molecule has 2 heterocycles. The van der Waals surface area contributed by atoms with E-state index >= 15 is 0 Å². The third-order valence-corrected chi connectivity index (χ3v) is 4.47. The average molecular weight is 395 g/mol. The monoisotopic (exact) mass is 394 g/mol. The molecule has 146 valence electrons. The highest BCUT2D eigenvalue weighted by atomic mass is 35.5. The maximum absolute atomic E-state index is 12.4. The second kappa shape index (κ2) is 8.81. The van der Waals surface area contributed by atoms with Crippen molar-refractivity contribution in [1.82, 2.24) is 10.2 Å². The predicted octanol–water partition coefficient (Wildman–Crippen LogP) is 2.78. The van der Waals surface area contributed by atoms with Crippen LogP contribution in [0.25, 0.3) is 0 Å². The van der Waals surface area contributed by atoms with Gasteiger partial charge in [0.05, 0.1) is 0 Å². The predicted molar refractivity (Wildman–Crippen MR) is 91.9 cm³/mol. The van der Waals surface area contributed by atoms with E-state index in [1.807, 2.05) is 0 Å². The van der Waals surface area contributed by atoms with Gasteiger partial charge in [0.1, 0.15) is 0 Å². The Bertz CT molecular complexity index is 615. The molecule has 0 saturated carbocycles. The molecule has 2 saturated heterocycles. The largest absolute Gasteiger partial charge is 0.480 e. The molecular formula is C17H22ClF3N2O3. The number of likely N-dealkylation sites (tertiary alicyclic amines) is 1. The van der Waals surface area contributed by atoms with Crippen LogP contribution < -0.4 is 14.8 Å². The summed E-state index contributed by atoms with van der Waals surface area (Å²) >= 11 is 0. The molecule has 5 nitrogen and oxygen atoms in total. The normalized spacial score (nSPS) is 22.3. The van der Waals surface area contributed by atoms with Gasteiger partial charge in [-0.2, -0.15) is 13.2 Å². The number of carbonyl (C=O) groups excluding carboxylic acids is 1. The summed E-state index contributed by atoms with van der Waals surface area (Å²) in [5.74, 6) is -0.0567. The minimum Gasteiger partial charge on any atom is -0.480 e. The second-order valence-corrected chi connectivity index (χ2v) is 6.41. The van der Waals surface area contributed by atoms with E-state index in [1.165, 1.54) is 12.1 Å². The molecule has 26 heavy (non-hydrogen) atoms. The van der Waals surface area contributed by atoms with Gasteiger partial charge >= 0.3 is 6.18 Å². The van der Waals surface area contributed by atoms with Crippen molar-refractivity contribution in [3.05, 3.63) is 24.3 Å². The average Bonchev–Trinajstić information content (AvgIpc) is 2.89. The third kappa shape index (κ3) is 5.67. The Kier molecular flexibility index (Phi) is 7.00. The Balaban J connectivity index is 0.00000243. The standard InChI is InChI=1S/C17H21F3N2O3.ClH/c18-17(19,20)11-25-15-4-2-1-3-14(15)24-10-16(23)22-8-7-12-5-6-13(9-22)21-12;/h1-4,12-13,21H,5-11H2;1H. The first-order valence-electron chi connectivity index (χ1n) is 8.36. The SMILES string of the molecule is Cl.O=C(COc1ccccc1OCC(F)(F)F)N1CCC2CCC(C1)N2. The molecule has 1 amide bonds. The number of alkyl halides is 3. The molecule has 1 aromatic carbocycles. The van der Waals surface area contributed by atoms with Crippen molar-refractivity contribution >= 4 is 18.3 Å². The molecule has 0 radical (unpaired) electrons. The number of amides is 1. The van der Waals surface area contributed by atoms with Gasteiger partial charge < -0.3 is 19.7 Å². The van der Waals surface area contributed by atoms with E-state index < -0.39 is 12.8 Å². The van der Waals surface area contributed by atoms with E-state index in [4.69, 9.17) is 9.47 Å². The molecule has 2 aliphatic heterocycles. The Morgan fingerprint density at radius 3 is 2.46 bits per heavy atom. The van der Waals surface area contributed by atoms with Gasteiger partial charge in [-0.25, -0.2) is 0 Å². The zero-order chi connectivity index (χ0) is 17.9. The van der Waals surface area contributed by atoms with Crippen LogP contribution in [-0.4, -0.2) is 55.4 Å². The van der Waals surface area contributed by atoms with E-state index in [1.54, 1.807) is 17.0 Å². The van der Waals surface area contributed by atoms with E-state index in [9.17, 15) is 18.0 Å². The van der Waals surface area contributed by atoms with Crippen LogP contribution in [0.5, 0.6) is 11.5 Å². The number of benzene rings is 1. The molecule has 0 aromatic heterocycles. The lowest BCUT2D eigenvalue weighted by atomic mass is 10.1. The number of fused-ring (bicyclic) bond motifs is 2. The molecule has 1 aromatic rings. The Hall–Kier alpha value is -1.67. The fraction of sp³-hybridized carbons (Fsp3) is 0.588. The van der Waals surface area contributed by atoms with Crippen LogP contribution in [0.4, 0.5) is 13.2 Å². The van der Waals surface area contributed by atoms with Gasteiger partial charge in [-0.1, -0.05) is 12.1 Å². The summed E-state index contributed by atoms with van der Waals surface area (Å²) in [7, 11) is 0. The van der Waals surface area contributed by atoms with Gasteiger partial charge in [-0.15, -0.1) is 12.4 Å². The number of rotatable bonds is 5. The van der Waals surface area contributed by atoms with Gasteiger partial charge in [0.15, 0.2) is 24.7 Å². The molecular weight excluding hydrogens is 373 g/mol. The number of ether oxygens (including phenoxy) is 2. The summed E-state index contributed by atoms with van der Waals surface area (Å²) in [6, 6.07) is 6.84. The quantitative estimate of drug-likeness (QED) is 0.834. The molecule has 2 fully saturated rings. The summed E-state index contributed by atoms with van der Waals surface area (Å²) in [5, 5.41) is 3.49. The van der Waals surface area contributed by atoms with Crippen LogP contribution in [0.3, 0.4) is 0 Å². The minimum absolute atomic E-state index is 0. The highest BCUT2D eigenvalue weighted by molar-refractivity contribution is 5.85. The Labute approximate surface area is 156 Å². The van der Waals surface area contributed by atoms with Crippen LogP contribution >= 0.6 is 12.4 Å². The lowest BCUT2D eigenvalue weighted by molar-refractivity contribution is -0.153. The van der Waals surface area contributed by atoms with Crippen molar-refractivity contribution in [2.75, 3.05) is 26.3 Å². The van der Waals surface area contributed by atoms with Crippen molar-refractivity contribution in [2.24, 2.45) is 0 Å². The summed E-state index contributed by atoms with van der Waals surface area (Å²) in [5.41, 5.74) is 0. The number of halogens is 4. The van der Waals surface area contributed by atoms with Crippen molar-refractivity contribution in [1.29, 1.82) is 0 Å². The van der Waals surface area contributed by atoms with E-state index in [2.05, 4.69) is 5.32 Å². The first-order valence-corrected chi connectivity index (χ1v) is 8.36. The number of carbonyl (C=O) groups is 1. The Morgan fingerprint density at radius 2 is 1.77 bits per heavy atom. The smallest absolute Gasteiger partial charge is 0.422 e. The number of para-hydroxylation sites is 2. The fourth-order valence-corrected chi connectivity index (χ4v) is 3.25. The van der Waals surface area contributed by atoms with E-state index in [-0.39, 0.29) is 36.4 Å². The minimum atomic E-state index is -4.43. The van der Waals surface area contributed by atoms with Crippen LogP contribution in [0.15, 0.2) is 24.3 Å². The highest BCUT2D eigenvalue weighted by Crippen LogP contribution is 2.28. The van der Waals surface area contributed by atoms with Crippen LogP contribution in [0.2, 0.25) is 0 Å². The number of hydrogen-bond acceptors (Lipinski definition) is 4. The lowest BCUT2D eigenvalue weighted by Gasteiger charge is -2.24. The second-order valence-electron chi connectivity index (χ2n) is 6.41. The maximum Gasteiger partial charge on any atom is 0.422 e. The molecule has 2 atom stereocenters. The zero-order valence-electron chi connectivity index (χ0n) is 14.1. The number of nitrogens with one attached hydrogen (secondary N) is 1. The number of nitrogens with zero attached hydrogens (tertiary/aromatic N) is 1. The summed E-state index contributed by atoms with van der Waals surface area (Å²) in [4.78, 5) is 14.1. The zero-order valence-corrected chi connectivity index (χ0v) is 14.9. The molecule has 2 bridgehead atoms. The van der Waals surface area contributed by atoms with E-state index in [0.717, 1.165) is 19.3 Å². The molecule has 0 spiro atoms. The summed E-state index contributed by atoms with van der Waals surface area (Å²) in [6.07, 6.45) is -1.31. The fourth-order valence-electron chi connectivity index (χ4n) is 3.25. The van der Waals surface area contributed by atoms with Crippen LogP contribution in [0.1, 0.15) is 19.3 Å².